The first-order valence-electron chi connectivity index (χ1n) is 7.28. The van der Waals surface area contributed by atoms with Crippen molar-refractivity contribution in [2.45, 2.75) is 58.5 Å². The van der Waals surface area contributed by atoms with Gasteiger partial charge in [0, 0.05) is 19.0 Å². The van der Waals surface area contributed by atoms with Gasteiger partial charge in [-0.25, -0.2) is 4.98 Å². The molecule has 1 fully saturated rings. The van der Waals surface area contributed by atoms with Crippen LogP contribution >= 0.6 is 0 Å². The van der Waals surface area contributed by atoms with Crippen molar-refractivity contribution in [3.05, 3.63) is 12.2 Å². The lowest BCUT2D eigenvalue weighted by Crippen LogP contribution is -2.39. The maximum Gasteiger partial charge on any atom is 0.138 e. The Morgan fingerprint density at radius 1 is 1.44 bits per heavy atom. The topological polar surface area (TPSA) is 42.7 Å². The Kier molecular flexibility index (Phi) is 4.75. The summed E-state index contributed by atoms with van der Waals surface area (Å²) in [6.07, 6.45) is 7.84. The molecule has 0 saturated heterocycles. The Morgan fingerprint density at radius 3 is 3.00 bits per heavy atom. The summed E-state index contributed by atoms with van der Waals surface area (Å²) in [4.78, 5) is 4.45. The van der Waals surface area contributed by atoms with Gasteiger partial charge < -0.3 is 5.32 Å². The van der Waals surface area contributed by atoms with Crippen LogP contribution in [-0.2, 0) is 13.0 Å². The average Bonchev–Trinajstić information content (AvgIpc) is 2.78. The van der Waals surface area contributed by atoms with E-state index in [0.29, 0.717) is 12.0 Å². The molecule has 2 rings (SSSR count). The highest BCUT2D eigenvalue weighted by Gasteiger charge is 2.28. The summed E-state index contributed by atoms with van der Waals surface area (Å²) in [5.41, 5.74) is 0. The van der Waals surface area contributed by atoms with Crippen molar-refractivity contribution in [3.63, 3.8) is 0 Å². The fourth-order valence-corrected chi connectivity index (χ4v) is 3.18. The summed E-state index contributed by atoms with van der Waals surface area (Å²) in [5.74, 6) is 2.72. The fourth-order valence-electron chi connectivity index (χ4n) is 3.18. The summed E-state index contributed by atoms with van der Waals surface area (Å²) in [5, 5.41) is 7.81. The van der Waals surface area contributed by atoms with Gasteiger partial charge >= 0.3 is 0 Å². The SMILES string of the molecule is CCCn1ncnc1CC1CC(C)CCC1NC. The zero-order valence-corrected chi connectivity index (χ0v) is 11.9. The van der Waals surface area contributed by atoms with Gasteiger partial charge in [-0.05, 0) is 44.6 Å². The van der Waals surface area contributed by atoms with Crippen LogP contribution in [0.3, 0.4) is 0 Å². The first-order valence-corrected chi connectivity index (χ1v) is 7.28. The first-order chi connectivity index (χ1) is 8.74. The van der Waals surface area contributed by atoms with E-state index in [1.807, 2.05) is 0 Å². The Bertz CT molecular complexity index is 360. The van der Waals surface area contributed by atoms with Crippen LogP contribution < -0.4 is 5.32 Å². The van der Waals surface area contributed by atoms with Crippen molar-refractivity contribution in [3.8, 4) is 0 Å². The third kappa shape index (κ3) is 3.10. The van der Waals surface area contributed by atoms with Crippen LogP contribution in [0.5, 0.6) is 0 Å². The largest absolute Gasteiger partial charge is 0.317 e. The molecule has 0 bridgehead atoms. The molecule has 1 aromatic rings. The summed E-state index contributed by atoms with van der Waals surface area (Å²) in [7, 11) is 2.09. The summed E-state index contributed by atoms with van der Waals surface area (Å²) >= 11 is 0. The Labute approximate surface area is 110 Å². The summed E-state index contributed by atoms with van der Waals surface area (Å²) in [6, 6.07) is 0.646. The zero-order chi connectivity index (χ0) is 13.0. The molecule has 1 saturated carbocycles. The predicted octanol–water partition coefficient (Wildman–Crippen LogP) is 2.25. The minimum absolute atomic E-state index is 0.646. The highest BCUT2D eigenvalue weighted by molar-refractivity contribution is 4.93. The second-order valence-corrected chi connectivity index (χ2v) is 5.68. The molecule has 0 amide bonds. The van der Waals surface area contributed by atoms with Crippen molar-refractivity contribution in [1.29, 1.82) is 0 Å². The van der Waals surface area contributed by atoms with Crippen LogP contribution in [0.15, 0.2) is 6.33 Å². The molecule has 1 N–H and O–H groups in total. The van der Waals surface area contributed by atoms with E-state index in [9.17, 15) is 0 Å². The number of hydrogen-bond donors (Lipinski definition) is 1. The van der Waals surface area contributed by atoms with Crippen LogP contribution in [-0.4, -0.2) is 27.9 Å². The Hall–Kier alpha value is -0.900. The minimum Gasteiger partial charge on any atom is -0.317 e. The van der Waals surface area contributed by atoms with Crippen molar-refractivity contribution in [2.75, 3.05) is 7.05 Å². The molecular formula is C14H26N4. The second kappa shape index (κ2) is 6.32. The van der Waals surface area contributed by atoms with Gasteiger partial charge in [-0.1, -0.05) is 13.8 Å². The van der Waals surface area contributed by atoms with Gasteiger partial charge in [-0.2, -0.15) is 5.10 Å². The lowest BCUT2D eigenvalue weighted by atomic mass is 9.77. The van der Waals surface area contributed by atoms with E-state index in [-0.39, 0.29) is 0 Å². The van der Waals surface area contributed by atoms with E-state index in [1.165, 1.54) is 19.3 Å². The van der Waals surface area contributed by atoms with Gasteiger partial charge in [-0.15, -0.1) is 0 Å². The summed E-state index contributed by atoms with van der Waals surface area (Å²) < 4.78 is 2.08. The molecule has 0 radical (unpaired) electrons. The van der Waals surface area contributed by atoms with E-state index in [1.54, 1.807) is 6.33 Å². The highest BCUT2D eigenvalue weighted by Crippen LogP contribution is 2.30. The van der Waals surface area contributed by atoms with Gasteiger partial charge in [0.2, 0.25) is 0 Å². The molecule has 102 valence electrons. The molecule has 3 atom stereocenters. The van der Waals surface area contributed by atoms with Gasteiger partial charge in [0.15, 0.2) is 0 Å². The maximum atomic E-state index is 4.45. The highest BCUT2D eigenvalue weighted by atomic mass is 15.3. The maximum absolute atomic E-state index is 4.45. The summed E-state index contributed by atoms with van der Waals surface area (Å²) in [6.45, 7) is 5.54. The molecule has 0 aliphatic heterocycles. The van der Waals surface area contributed by atoms with Gasteiger partial charge in [0.25, 0.3) is 0 Å². The molecule has 1 aliphatic carbocycles. The number of hydrogen-bond acceptors (Lipinski definition) is 3. The lowest BCUT2D eigenvalue weighted by Gasteiger charge is -2.34. The van der Waals surface area contributed by atoms with E-state index in [0.717, 1.165) is 31.1 Å². The molecule has 4 heteroatoms. The standard InChI is InChI=1S/C14H26N4/c1-4-7-18-14(16-10-17-18)9-12-8-11(2)5-6-13(12)15-3/h10-13,15H,4-9H2,1-3H3. The van der Waals surface area contributed by atoms with E-state index < -0.39 is 0 Å². The molecule has 18 heavy (non-hydrogen) atoms. The third-order valence-electron chi connectivity index (χ3n) is 4.19. The van der Waals surface area contributed by atoms with Crippen LogP contribution in [0.2, 0.25) is 0 Å². The number of nitrogens with one attached hydrogen (secondary N) is 1. The number of rotatable bonds is 5. The minimum atomic E-state index is 0.646. The van der Waals surface area contributed by atoms with Crippen LogP contribution in [0.4, 0.5) is 0 Å². The van der Waals surface area contributed by atoms with Gasteiger partial charge in [0.05, 0.1) is 0 Å². The monoisotopic (exact) mass is 250 g/mol. The van der Waals surface area contributed by atoms with Crippen molar-refractivity contribution in [1.82, 2.24) is 20.1 Å². The Balaban J connectivity index is 2.03. The predicted molar refractivity (Wildman–Crippen MR) is 73.4 cm³/mol. The van der Waals surface area contributed by atoms with Gasteiger partial charge in [-0.3, -0.25) is 4.68 Å². The second-order valence-electron chi connectivity index (χ2n) is 5.68. The lowest BCUT2D eigenvalue weighted by molar-refractivity contribution is 0.216. The van der Waals surface area contributed by atoms with Gasteiger partial charge in [0.1, 0.15) is 12.2 Å². The molecule has 1 heterocycles. The Morgan fingerprint density at radius 2 is 2.28 bits per heavy atom. The van der Waals surface area contributed by atoms with Crippen LogP contribution in [0.1, 0.15) is 45.4 Å². The molecule has 0 aromatic carbocycles. The van der Waals surface area contributed by atoms with Crippen molar-refractivity contribution in [2.24, 2.45) is 11.8 Å². The normalized spacial score (nSPS) is 28.5. The first kappa shape index (κ1) is 13.5. The average molecular weight is 250 g/mol. The van der Waals surface area contributed by atoms with E-state index in [4.69, 9.17) is 0 Å². The van der Waals surface area contributed by atoms with Crippen LogP contribution in [0, 0.1) is 11.8 Å². The number of aromatic nitrogens is 3. The molecule has 1 aliphatic rings. The van der Waals surface area contributed by atoms with E-state index in [2.05, 4.69) is 41.0 Å². The molecule has 4 nitrogen and oxygen atoms in total. The van der Waals surface area contributed by atoms with Crippen molar-refractivity contribution < 1.29 is 0 Å². The fraction of sp³-hybridized carbons (Fsp3) is 0.857. The van der Waals surface area contributed by atoms with E-state index >= 15 is 0 Å². The molecule has 1 aromatic heterocycles. The quantitative estimate of drug-likeness (QED) is 0.871. The van der Waals surface area contributed by atoms with Crippen LogP contribution in [0.25, 0.3) is 0 Å². The third-order valence-corrected chi connectivity index (χ3v) is 4.19. The number of aryl methyl sites for hydroxylation is 1. The zero-order valence-electron chi connectivity index (χ0n) is 11.9. The number of nitrogens with zero attached hydrogens (tertiary/aromatic N) is 3. The molecule has 0 spiro atoms. The molecule has 3 unspecified atom stereocenters. The molecular weight excluding hydrogens is 224 g/mol. The van der Waals surface area contributed by atoms with Crippen molar-refractivity contribution >= 4 is 0 Å². The smallest absolute Gasteiger partial charge is 0.138 e.